The lowest BCUT2D eigenvalue weighted by molar-refractivity contribution is -0.167. The molecule has 0 saturated carbocycles. The summed E-state index contributed by atoms with van der Waals surface area (Å²) in [5.74, 6) is -0.912. The number of esters is 3. The molecule has 0 unspecified atom stereocenters. The van der Waals surface area contributed by atoms with Crippen molar-refractivity contribution < 1.29 is 28.6 Å². The maximum atomic E-state index is 12.9. The van der Waals surface area contributed by atoms with Crippen LogP contribution in [0, 0.1) is 0 Å². The summed E-state index contributed by atoms with van der Waals surface area (Å²) in [5.41, 5.74) is 0. The Morgan fingerprint density at radius 1 is 0.304 bits per heavy atom. The summed E-state index contributed by atoms with van der Waals surface area (Å²) in [5, 5.41) is 0. The van der Waals surface area contributed by atoms with Gasteiger partial charge in [-0.25, -0.2) is 0 Å². The van der Waals surface area contributed by atoms with Gasteiger partial charge in [-0.05, 0) is 89.9 Å². The normalized spacial score (nSPS) is 12.6. The van der Waals surface area contributed by atoms with E-state index in [2.05, 4.69) is 93.7 Å². The lowest BCUT2D eigenvalue weighted by Gasteiger charge is -2.18. The number of ether oxygens (including phenoxy) is 3. The van der Waals surface area contributed by atoms with E-state index in [1.807, 2.05) is 0 Å². The molecule has 0 aliphatic carbocycles. The summed E-state index contributed by atoms with van der Waals surface area (Å²) >= 11 is 0. The minimum Gasteiger partial charge on any atom is -0.462 e. The van der Waals surface area contributed by atoms with Crippen molar-refractivity contribution >= 4 is 17.9 Å². The van der Waals surface area contributed by atoms with Gasteiger partial charge in [0.1, 0.15) is 13.2 Å². The van der Waals surface area contributed by atoms with E-state index in [0.717, 1.165) is 96.3 Å². The molecule has 6 heteroatoms. The van der Waals surface area contributed by atoms with E-state index in [4.69, 9.17) is 14.2 Å². The molecule has 0 amide bonds. The SMILES string of the molecule is CC/C=C\C/C=C\C/C=C\C/C=C\C/C=C\CCCCCC(=O)OC[C@H](COC(=O)CCCCCCCCCCCCCCCCC)OC(=O)CCCCCCCCC/C=C\CCCCCCCC. The summed E-state index contributed by atoms with van der Waals surface area (Å²) in [6, 6.07) is 0. The van der Waals surface area contributed by atoms with Crippen LogP contribution in [-0.4, -0.2) is 37.2 Å². The third-order valence-electron chi connectivity index (χ3n) is 12.7. The van der Waals surface area contributed by atoms with E-state index in [1.165, 1.54) is 154 Å². The van der Waals surface area contributed by atoms with Crippen molar-refractivity contribution in [3.05, 3.63) is 72.9 Å². The van der Waals surface area contributed by atoms with Crippen LogP contribution in [0.15, 0.2) is 72.9 Å². The fourth-order valence-corrected chi connectivity index (χ4v) is 8.29. The lowest BCUT2D eigenvalue weighted by atomic mass is 10.0. The molecule has 0 aromatic carbocycles. The van der Waals surface area contributed by atoms with Crippen LogP contribution in [0.25, 0.3) is 0 Å². The lowest BCUT2D eigenvalue weighted by Crippen LogP contribution is -2.30. The van der Waals surface area contributed by atoms with Crippen molar-refractivity contribution in [3.63, 3.8) is 0 Å². The van der Waals surface area contributed by atoms with Crippen molar-refractivity contribution in [2.75, 3.05) is 13.2 Å². The number of hydrogen-bond donors (Lipinski definition) is 0. The van der Waals surface area contributed by atoms with Gasteiger partial charge in [-0.3, -0.25) is 14.4 Å². The molecule has 0 spiro atoms. The second-order valence-corrected chi connectivity index (χ2v) is 19.5. The van der Waals surface area contributed by atoms with Gasteiger partial charge in [-0.2, -0.15) is 0 Å². The Balaban J connectivity index is 4.43. The average Bonchev–Trinajstić information content (AvgIpc) is 3.35. The van der Waals surface area contributed by atoms with Gasteiger partial charge >= 0.3 is 17.9 Å². The molecule has 0 N–H and O–H groups in total. The van der Waals surface area contributed by atoms with Gasteiger partial charge in [0.15, 0.2) is 6.10 Å². The molecule has 69 heavy (non-hydrogen) atoms. The first kappa shape index (κ1) is 65.8. The third kappa shape index (κ3) is 55.6. The smallest absolute Gasteiger partial charge is 0.306 e. The predicted octanol–water partition coefficient (Wildman–Crippen LogP) is 19.8. The van der Waals surface area contributed by atoms with Crippen molar-refractivity contribution in [2.24, 2.45) is 0 Å². The van der Waals surface area contributed by atoms with Crippen molar-refractivity contribution in [1.29, 1.82) is 0 Å². The quantitative estimate of drug-likeness (QED) is 0.0262. The molecule has 0 aromatic heterocycles. The van der Waals surface area contributed by atoms with E-state index in [9.17, 15) is 14.4 Å². The molecular weight excluding hydrogens is 853 g/mol. The molecule has 0 fully saturated rings. The number of rotatable bonds is 53. The Bertz CT molecular complexity index is 1290. The second-order valence-electron chi connectivity index (χ2n) is 19.5. The highest BCUT2D eigenvalue weighted by molar-refractivity contribution is 5.71. The topological polar surface area (TPSA) is 78.9 Å². The monoisotopic (exact) mass is 963 g/mol. The molecule has 0 bridgehead atoms. The summed E-state index contributed by atoms with van der Waals surface area (Å²) < 4.78 is 16.9. The van der Waals surface area contributed by atoms with E-state index < -0.39 is 6.10 Å². The van der Waals surface area contributed by atoms with Gasteiger partial charge < -0.3 is 14.2 Å². The van der Waals surface area contributed by atoms with Crippen LogP contribution in [0.1, 0.15) is 290 Å². The molecule has 0 heterocycles. The molecule has 0 radical (unpaired) electrons. The summed E-state index contributed by atoms with van der Waals surface area (Å²) in [6.45, 7) is 6.52. The third-order valence-corrected chi connectivity index (χ3v) is 12.7. The standard InChI is InChI=1S/C63H110O6/c1-4-7-10-13-16-19-22-25-28-30-31-33-35-38-41-44-47-50-53-56-62(65)68-59-60(58-67-61(64)55-52-49-46-43-40-37-34-27-24-21-18-15-12-9-6-3)69-63(66)57-54-51-48-45-42-39-36-32-29-26-23-20-17-14-11-8-5-2/h7,10,16,19,25-26,28-29,31,33,38,41,60H,4-6,8-9,11-15,17-18,20-24,27,30,32,34-37,39-40,42-59H2,1-3H3/b10-7-,19-16-,28-25-,29-26-,33-31-,41-38-/t60-/m0/s1. The molecule has 0 aromatic rings. The minimum atomic E-state index is -0.790. The first-order valence-electron chi connectivity index (χ1n) is 29.4. The van der Waals surface area contributed by atoms with Crippen LogP contribution in [0.2, 0.25) is 0 Å². The molecule has 0 saturated heterocycles. The van der Waals surface area contributed by atoms with Gasteiger partial charge in [0.2, 0.25) is 0 Å². The minimum absolute atomic E-state index is 0.0852. The van der Waals surface area contributed by atoms with Crippen molar-refractivity contribution in [3.8, 4) is 0 Å². The molecular formula is C63H110O6. The van der Waals surface area contributed by atoms with E-state index in [0.29, 0.717) is 19.3 Å². The largest absolute Gasteiger partial charge is 0.462 e. The number of hydrogen-bond acceptors (Lipinski definition) is 6. The maximum absolute atomic E-state index is 12.9. The zero-order valence-corrected chi connectivity index (χ0v) is 45.6. The molecule has 0 aliphatic rings. The van der Waals surface area contributed by atoms with Crippen LogP contribution >= 0.6 is 0 Å². The Morgan fingerprint density at radius 3 is 0.913 bits per heavy atom. The van der Waals surface area contributed by atoms with Crippen LogP contribution in [0.3, 0.4) is 0 Å². The van der Waals surface area contributed by atoms with Gasteiger partial charge in [0.05, 0.1) is 0 Å². The highest BCUT2D eigenvalue weighted by Crippen LogP contribution is 2.16. The van der Waals surface area contributed by atoms with Gasteiger partial charge in [-0.15, -0.1) is 0 Å². The van der Waals surface area contributed by atoms with Crippen molar-refractivity contribution in [2.45, 2.75) is 297 Å². The highest BCUT2D eigenvalue weighted by atomic mass is 16.6. The zero-order valence-electron chi connectivity index (χ0n) is 45.6. The van der Waals surface area contributed by atoms with Crippen molar-refractivity contribution in [1.82, 2.24) is 0 Å². The molecule has 0 aliphatic heterocycles. The first-order chi connectivity index (χ1) is 34.0. The Labute approximate surface area is 427 Å². The van der Waals surface area contributed by atoms with Gasteiger partial charge in [-0.1, -0.05) is 254 Å². The van der Waals surface area contributed by atoms with Crippen LogP contribution in [0.4, 0.5) is 0 Å². The number of carbonyl (C=O) groups excluding carboxylic acids is 3. The van der Waals surface area contributed by atoms with E-state index >= 15 is 0 Å². The maximum Gasteiger partial charge on any atom is 0.306 e. The first-order valence-corrected chi connectivity index (χ1v) is 29.4. The summed E-state index contributed by atoms with van der Waals surface area (Å²) in [4.78, 5) is 38.2. The fourth-order valence-electron chi connectivity index (χ4n) is 8.29. The Kier molecular flexibility index (Phi) is 54.8. The molecule has 0 rings (SSSR count). The van der Waals surface area contributed by atoms with E-state index in [-0.39, 0.29) is 31.1 Å². The average molecular weight is 964 g/mol. The molecule has 398 valence electrons. The molecule has 1 atom stereocenters. The van der Waals surface area contributed by atoms with Gasteiger partial charge in [0.25, 0.3) is 0 Å². The molecule has 6 nitrogen and oxygen atoms in total. The van der Waals surface area contributed by atoms with Crippen LogP contribution < -0.4 is 0 Å². The Morgan fingerprint density at radius 2 is 0.565 bits per heavy atom. The number of unbranched alkanes of at least 4 members (excludes halogenated alkanes) is 30. The Hall–Kier alpha value is -3.15. The zero-order chi connectivity index (χ0) is 50.0. The van der Waals surface area contributed by atoms with Gasteiger partial charge in [0, 0.05) is 19.3 Å². The van der Waals surface area contributed by atoms with Crippen LogP contribution in [0.5, 0.6) is 0 Å². The highest BCUT2D eigenvalue weighted by Gasteiger charge is 2.19. The number of carbonyl (C=O) groups is 3. The number of allylic oxidation sites excluding steroid dienone is 12. The summed E-state index contributed by atoms with van der Waals surface area (Å²) in [7, 11) is 0. The van der Waals surface area contributed by atoms with E-state index in [1.54, 1.807) is 0 Å². The second kappa shape index (κ2) is 57.4. The fraction of sp³-hybridized carbons (Fsp3) is 0.762. The predicted molar refractivity (Wildman–Crippen MR) is 298 cm³/mol. The summed E-state index contributed by atoms with van der Waals surface area (Å²) in [6.07, 6.45) is 73.2. The van der Waals surface area contributed by atoms with Crippen LogP contribution in [-0.2, 0) is 28.6 Å².